The maximum Gasteiger partial charge on any atom is 0.390 e. The van der Waals surface area contributed by atoms with Crippen molar-refractivity contribution < 1.29 is 19.2 Å². The van der Waals surface area contributed by atoms with E-state index in [1.54, 1.807) is 18.2 Å². The maximum absolute atomic E-state index is 12.1. The Morgan fingerprint density at radius 1 is 1.38 bits per heavy atom. The fourth-order valence-electron chi connectivity index (χ4n) is 1.92. The molecule has 1 aliphatic rings. The van der Waals surface area contributed by atoms with Gasteiger partial charge in [-0.1, -0.05) is 0 Å². The molecule has 1 aromatic heterocycles. The zero-order valence-corrected chi connectivity index (χ0v) is 10.9. The summed E-state index contributed by atoms with van der Waals surface area (Å²) in [5.74, 6) is 0.248. The maximum atomic E-state index is 12.1. The summed E-state index contributed by atoms with van der Waals surface area (Å²) in [4.78, 5) is 22.1. The Kier molecular flexibility index (Phi) is 2.94. The lowest BCUT2D eigenvalue weighted by Gasteiger charge is -2.05. The molecule has 3 rings (SSSR count). The largest absolute Gasteiger partial charge is 0.454 e. The van der Waals surface area contributed by atoms with E-state index in [2.05, 4.69) is 10.4 Å². The van der Waals surface area contributed by atoms with Crippen molar-refractivity contribution in [1.29, 1.82) is 0 Å². The van der Waals surface area contributed by atoms with E-state index in [1.165, 1.54) is 7.05 Å². The van der Waals surface area contributed by atoms with Crippen LogP contribution in [0.25, 0.3) is 0 Å². The molecule has 0 radical (unpaired) electrons. The monoisotopic (exact) mass is 290 g/mol. The van der Waals surface area contributed by atoms with Crippen molar-refractivity contribution in [3.05, 3.63) is 40.1 Å². The number of hydrogen-bond acceptors (Lipinski definition) is 6. The Bertz CT molecular complexity index is 739. The van der Waals surface area contributed by atoms with Crippen molar-refractivity contribution in [2.75, 3.05) is 12.1 Å². The molecule has 1 N–H and O–H groups in total. The minimum Gasteiger partial charge on any atom is -0.454 e. The van der Waals surface area contributed by atoms with Gasteiger partial charge in [-0.3, -0.25) is 4.79 Å². The number of nitro groups is 1. The number of carbonyl (C=O) groups excluding carboxylic acids is 1. The normalized spacial score (nSPS) is 12.2. The number of rotatable bonds is 3. The summed E-state index contributed by atoms with van der Waals surface area (Å²) in [6.45, 7) is 0.140. The summed E-state index contributed by atoms with van der Waals surface area (Å²) in [5, 5.41) is 16.9. The molecule has 0 spiro atoms. The van der Waals surface area contributed by atoms with E-state index in [0.717, 1.165) is 10.7 Å². The van der Waals surface area contributed by atoms with Crippen LogP contribution < -0.4 is 14.8 Å². The molecule has 0 atom stereocenters. The Balaban J connectivity index is 1.81. The van der Waals surface area contributed by atoms with Crippen molar-refractivity contribution in [3.8, 4) is 11.5 Å². The first-order valence-corrected chi connectivity index (χ1v) is 5.94. The number of fused-ring (bicyclic) bond motifs is 1. The topological polar surface area (TPSA) is 109 Å². The van der Waals surface area contributed by atoms with Crippen molar-refractivity contribution in [3.63, 3.8) is 0 Å². The van der Waals surface area contributed by atoms with Gasteiger partial charge in [0.1, 0.15) is 0 Å². The molecule has 0 unspecified atom stereocenters. The molecule has 1 amide bonds. The second kappa shape index (κ2) is 4.78. The average molecular weight is 290 g/mol. The molecule has 21 heavy (non-hydrogen) atoms. The first-order chi connectivity index (χ1) is 10.0. The van der Waals surface area contributed by atoms with E-state index in [1.807, 2.05) is 0 Å². The van der Waals surface area contributed by atoms with Gasteiger partial charge in [0.05, 0.1) is 18.2 Å². The second-order valence-corrected chi connectivity index (χ2v) is 4.29. The molecule has 0 fully saturated rings. The summed E-state index contributed by atoms with van der Waals surface area (Å²) in [5.41, 5.74) is 0.576. The molecular weight excluding hydrogens is 280 g/mol. The molecule has 1 aromatic carbocycles. The van der Waals surface area contributed by atoms with Gasteiger partial charge in [-0.2, -0.15) is 4.68 Å². The summed E-state index contributed by atoms with van der Waals surface area (Å²) in [6, 6.07) is 6.05. The molecule has 0 aliphatic carbocycles. The summed E-state index contributed by atoms with van der Waals surface area (Å²) >= 11 is 0. The van der Waals surface area contributed by atoms with Crippen LogP contribution >= 0.6 is 0 Å². The number of nitrogens with zero attached hydrogens (tertiary/aromatic N) is 3. The molecular formula is C12H10N4O5. The third-order valence-electron chi connectivity index (χ3n) is 2.92. The molecule has 9 nitrogen and oxygen atoms in total. The fourth-order valence-corrected chi connectivity index (χ4v) is 1.92. The first-order valence-electron chi connectivity index (χ1n) is 5.94. The second-order valence-electron chi connectivity index (χ2n) is 4.29. The number of amides is 1. The number of anilines is 1. The number of aryl methyl sites for hydroxylation is 1. The van der Waals surface area contributed by atoms with Gasteiger partial charge < -0.3 is 24.9 Å². The Morgan fingerprint density at radius 3 is 2.86 bits per heavy atom. The van der Waals surface area contributed by atoms with Gasteiger partial charge in [-0.05, 0) is 17.1 Å². The van der Waals surface area contributed by atoms with Crippen LogP contribution in [0.15, 0.2) is 24.3 Å². The van der Waals surface area contributed by atoms with E-state index in [0.29, 0.717) is 17.2 Å². The first kappa shape index (κ1) is 12.9. The third-order valence-corrected chi connectivity index (χ3v) is 2.92. The molecule has 2 aromatic rings. The zero-order valence-electron chi connectivity index (χ0n) is 10.9. The van der Waals surface area contributed by atoms with Crippen molar-refractivity contribution >= 4 is 17.4 Å². The molecule has 2 heterocycles. The van der Waals surface area contributed by atoms with E-state index >= 15 is 0 Å². The lowest BCUT2D eigenvalue weighted by Crippen LogP contribution is -2.15. The van der Waals surface area contributed by atoms with Crippen LogP contribution in [0.4, 0.5) is 11.5 Å². The smallest absolute Gasteiger partial charge is 0.390 e. The Morgan fingerprint density at radius 2 is 2.14 bits per heavy atom. The zero-order chi connectivity index (χ0) is 15.0. The Labute approximate surface area is 118 Å². The number of carbonyl (C=O) groups is 1. The van der Waals surface area contributed by atoms with Crippen LogP contribution in [0, 0.1) is 10.1 Å². The van der Waals surface area contributed by atoms with Gasteiger partial charge in [-0.15, -0.1) is 0 Å². The summed E-state index contributed by atoms with van der Waals surface area (Å²) < 4.78 is 11.5. The van der Waals surface area contributed by atoms with Crippen LogP contribution in [-0.4, -0.2) is 27.4 Å². The average Bonchev–Trinajstić information content (AvgIpc) is 3.04. The van der Waals surface area contributed by atoms with Crippen LogP contribution in [0.5, 0.6) is 11.5 Å². The van der Waals surface area contributed by atoms with E-state index < -0.39 is 10.8 Å². The molecule has 0 saturated heterocycles. The SMILES string of the molecule is Cn1nc([N+](=O)[O-])cc1C(=O)Nc1ccc2c(c1)OCO2. The van der Waals surface area contributed by atoms with Gasteiger partial charge in [0.25, 0.3) is 5.91 Å². The summed E-state index contributed by atoms with van der Waals surface area (Å²) in [7, 11) is 1.46. The minimum absolute atomic E-state index is 0.0827. The predicted octanol–water partition coefficient (Wildman–Crippen LogP) is 1.31. The van der Waals surface area contributed by atoms with Crippen LogP contribution in [0.1, 0.15) is 10.5 Å². The highest BCUT2D eigenvalue weighted by Crippen LogP contribution is 2.34. The van der Waals surface area contributed by atoms with Crippen LogP contribution in [-0.2, 0) is 7.05 Å². The molecule has 0 bridgehead atoms. The lowest BCUT2D eigenvalue weighted by molar-refractivity contribution is -0.389. The highest BCUT2D eigenvalue weighted by Gasteiger charge is 2.22. The number of hydrogen-bond donors (Lipinski definition) is 1. The fraction of sp³-hybridized carbons (Fsp3) is 0.167. The van der Waals surface area contributed by atoms with Gasteiger partial charge in [0.15, 0.2) is 17.2 Å². The molecule has 1 aliphatic heterocycles. The van der Waals surface area contributed by atoms with E-state index in [9.17, 15) is 14.9 Å². The van der Waals surface area contributed by atoms with Crippen molar-refractivity contribution in [1.82, 2.24) is 9.78 Å². The molecule has 0 saturated carbocycles. The minimum atomic E-state index is -0.655. The van der Waals surface area contributed by atoms with Crippen molar-refractivity contribution in [2.45, 2.75) is 0 Å². The Hall–Kier alpha value is -3.10. The number of benzene rings is 1. The molecule has 9 heteroatoms. The van der Waals surface area contributed by atoms with Gasteiger partial charge in [-0.25, -0.2) is 0 Å². The van der Waals surface area contributed by atoms with E-state index in [4.69, 9.17) is 9.47 Å². The van der Waals surface area contributed by atoms with Gasteiger partial charge in [0, 0.05) is 11.8 Å². The van der Waals surface area contributed by atoms with E-state index in [-0.39, 0.29) is 18.3 Å². The highest BCUT2D eigenvalue weighted by atomic mass is 16.7. The van der Waals surface area contributed by atoms with Gasteiger partial charge >= 0.3 is 5.82 Å². The third kappa shape index (κ3) is 2.36. The molecule has 108 valence electrons. The predicted molar refractivity (Wildman–Crippen MR) is 70.4 cm³/mol. The number of aromatic nitrogens is 2. The van der Waals surface area contributed by atoms with Gasteiger partial charge in [0.2, 0.25) is 6.79 Å². The van der Waals surface area contributed by atoms with Crippen LogP contribution in [0.2, 0.25) is 0 Å². The van der Waals surface area contributed by atoms with Crippen LogP contribution in [0.3, 0.4) is 0 Å². The lowest BCUT2D eigenvalue weighted by atomic mass is 10.2. The standard InChI is InChI=1S/C12H10N4O5/c1-15-8(5-11(14-15)16(18)19)12(17)13-7-2-3-9-10(4-7)21-6-20-9/h2-5H,6H2,1H3,(H,13,17). The van der Waals surface area contributed by atoms with Crippen molar-refractivity contribution in [2.24, 2.45) is 7.05 Å². The quantitative estimate of drug-likeness (QED) is 0.674. The number of nitrogens with one attached hydrogen (secondary N) is 1. The number of ether oxygens (including phenoxy) is 2. The summed E-state index contributed by atoms with van der Waals surface area (Å²) in [6.07, 6.45) is 0. The highest BCUT2D eigenvalue weighted by molar-refractivity contribution is 6.03.